The van der Waals surface area contributed by atoms with Gasteiger partial charge >= 0.3 is 12.0 Å². The zero-order valence-corrected chi connectivity index (χ0v) is 12.0. The predicted molar refractivity (Wildman–Crippen MR) is 72.2 cm³/mol. The number of aromatic nitrogens is 2. The normalized spacial score (nSPS) is 15.8. The number of carbonyl (C=O) groups excluding carboxylic acids is 1. The lowest BCUT2D eigenvalue weighted by atomic mass is 10.1. The van der Waals surface area contributed by atoms with Crippen molar-refractivity contribution in [2.45, 2.75) is 33.2 Å². The molecule has 110 valence electrons. The van der Waals surface area contributed by atoms with Crippen molar-refractivity contribution >= 4 is 12.0 Å². The molecule has 0 spiro atoms. The number of carboxylic acid groups (broad SMARTS) is 1. The van der Waals surface area contributed by atoms with E-state index in [-0.39, 0.29) is 12.6 Å². The molecule has 2 rings (SSSR count). The Morgan fingerprint density at radius 1 is 1.35 bits per heavy atom. The average Bonchev–Trinajstić information content (AvgIpc) is 3.12. The number of nitrogens with zero attached hydrogens (tertiary/aromatic N) is 2. The van der Waals surface area contributed by atoms with Gasteiger partial charge in [-0.25, -0.2) is 4.79 Å². The Hall–Kier alpha value is -2.05. The molecule has 20 heavy (non-hydrogen) atoms. The second-order valence-electron chi connectivity index (χ2n) is 5.39. The van der Waals surface area contributed by atoms with E-state index in [9.17, 15) is 9.59 Å². The molecule has 0 bridgehead atoms. The van der Waals surface area contributed by atoms with Crippen molar-refractivity contribution in [3.63, 3.8) is 0 Å². The van der Waals surface area contributed by atoms with Crippen molar-refractivity contribution in [3.8, 4) is 0 Å². The maximum Gasteiger partial charge on any atom is 0.315 e. The number of carboxylic acids is 1. The fourth-order valence-corrected chi connectivity index (χ4v) is 2.17. The van der Waals surface area contributed by atoms with Gasteiger partial charge in [0.05, 0.1) is 11.1 Å². The van der Waals surface area contributed by atoms with E-state index in [1.54, 1.807) is 4.68 Å². The molecule has 0 saturated heterocycles. The molecular formula is C13H20N4O3. The number of urea groups is 1. The minimum absolute atomic E-state index is 0.180. The Morgan fingerprint density at radius 2 is 2.00 bits per heavy atom. The minimum atomic E-state index is -0.836. The molecular weight excluding hydrogens is 260 g/mol. The SMILES string of the molecule is Cc1nn(C)c(C)c1CNC(=O)NCC1(C(=O)O)CC1. The van der Waals surface area contributed by atoms with Crippen molar-refractivity contribution < 1.29 is 14.7 Å². The minimum Gasteiger partial charge on any atom is -0.481 e. The van der Waals surface area contributed by atoms with Crippen molar-refractivity contribution in [1.29, 1.82) is 0 Å². The van der Waals surface area contributed by atoms with Crippen LogP contribution in [-0.2, 0) is 18.4 Å². The van der Waals surface area contributed by atoms with Crippen LogP contribution in [0.15, 0.2) is 0 Å². The number of hydrogen-bond acceptors (Lipinski definition) is 3. The zero-order chi connectivity index (χ0) is 14.9. The highest BCUT2D eigenvalue weighted by molar-refractivity contribution is 5.80. The van der Waals surface area contributed by atoms with Gasteiger partial charge in [0.2, 0.25) is 0 Å². The van der Waals surface area contributed by atoms with Crippen LogP contribution in [0.2, 0.25) is 0 Å². The monoisotopic (exact) mass is 280 g/mol. The molecule has 1 saturated carbocycles. The van der Waals surface area contributed by atoms with Crippen LogP contribution in [0.25, 0.3) is 0 Å². The number of rotatable bonds is 5. The summed E-state index contributed by atoms with van der Waals surface area (Å²) in [5.41, 5.74) is 2.14. The van der Waals surface area contributed by atoms with Gasteiger partial charge in [-0.05, 0) is 26.7 Å². The topological polar surface area (TPSA) is 96.3 Å². The van der Waals surface area contributed by atoms with E-state index >= 15 is 0 Å². The van der Waals surface area contributed by atoms with E-state index in [4.69, 9.17) is 5.11 Å². The first-order valence-electron chi connectivity index (χ1n) is 6.60. The molecule has 7 nitrogen and oxygen atoms in total. The van der Waals surface area contributed by atoms with E-state index in [1.165, 1.54) is 0 Å². The van der Waals surface area contributed by atoms with Gasteiger partial charge in [0.1, 0.15) is 0 Å². The lowest BCUT2D eigenvalue weighted by molar-refractivity contribution is -0.143. The van der Waals surface area contributed by atoms with Crippen LogP contribution in [0.3, 0.4) is 0 Å². The molecule has 1 aliphatic carbocycles. The van der Waals surface area contributed by atoms with Gasteiger partial charge in [0, 0.05) is 31.4 Å². The summed E-state index contributed by atoms with van der Waals surface area (Å²) in [5, 5.41) is 18.7. The summed E-state index contributed by atoms with van der Waals surface area (Å²) < 4.78 is 1.77. The lowest BCUT2D eigenvalue weighted by Crippen LogP contribution is -2.40. The van der Waals surface area contributed by atoms with Crippen LogP contribution in [0, 0.1) is 19.3 Å². The first-order chi connectivity index (χ1) is 9.35. The molecule has 1 aromatic rings. The molecule has 0 unspecified atom stereocenters. The molecule has 3 N–H and O–H groups in total. The maximum atomic E-state index is 11.7. The van der Waals surface area contributed by atoms with Crippen molar-refractivity contribution in [1.82, 2.24) is 20.4 Å². The Kier molecular flexibility index (Phi) is 3.69. The first kappa shape index (κ1) is 14.4. The third-order valence-electron chi connectivity index (χ3n) is 3.98. The molecule has 0 radical (unpaired) electrons. The van der Waals surface area contributed by atoms with Crippen molar-refractivity contribution in [2.75, 3.05) is 6.54 Å². The van der Waals surface area contributed by atoms with Gasteiger partial charge in [-0.1, -0.05) is 0 Å². The fourth-order valence-electron chi connectivity index (χ4n) is 2.17. The average molecular weight is 280 g/mol. The molecule has 1 aliphatic rings. The molecule has 1 heterocycles. The van der Waals surface area contributed by atoms with Crippen LogP contribution in [0.5, 0.6) is 0 Å². The molecule has 0 atom stereocenters. The first-order valence-corrected chi connectivity index (χ1v) is 6.60. The van der Waals surface area contributed by atoms with Gasteiger partial charge in [0.15, 0.2) is 0 Å². The summed E-state index contributed by atoms with van der Waals surface area (Å²) in [6, 6.07) is -0.347. The number of aryl methyl sites for hydroxylation is 2. The van der Waals surface area contributed by atoms with Crippen LogP contribution >= 0.6 is 0 Å². The summed E-state index contributed by atoms with van der Waals surface area (Å²) in [7, 11) is 1.86. The van der Waals surface area contributed by atoms with Crippen LogP contribution in [0.1, 0.15) is 29.8 Å². The summed E-state index contributed by atoms with van der Waals surface area (Å²) in [6.45, 7) is 4.40. The zero-order valence-electron chi connectivity index (χ0n) is 12.0. The fraction of sp³-hybridized carbons (Fsp3) is 0.615. The lowest BCUT2D eigenvalue weighted by Gasteiger charge is -2.12. The highest BCUT2D eigenvalue weighted by Gasteiger charge is 2.50. The highest BCUT2D eigenvalue weighted by Crippen LogP contribution is 2.45. The van der Waals surface area contributed by atoms with Crippen molar-refractivity contribution in [3.05, 3.63) is 17.0 Å². The van der Waals surface area contributed by atoms with Gasteiger partial charge in [0.25, 0.3) is 0 Å². The van der Waals surface area contributed by atoms with E-state index in [2.05, 4.69) is 15.7 Å². The van der Waals surface area contributed by atoms with Crippen molar-refractivity contribution in [2.24, 2.45) is 12.5 Å². The van der Waals surface area contributed by atoms with Gasteiger partial charge in [-0.2, -0.15) is 5.10 Å². The van der Waals surface area contributed by atoms with E-state index in [1.807, 2.05) is 20.9 Å². The standard InChI is InChI=1S/C13H20N4O3/c1-8-10(9(2)17(3)16-8)6-14-12(20)15-7-13(4-5-13)11(18)19/h4-7H2,1-3H3,(H,18,19)(H2,14,15,20). The number of hydrogen-bond donors (Lipinski definition) is 3. The molecule has 0 aliphatic heterocycles. The van der Waals surface area contributed by atoms with Crippen LogP contribution in [0.4, 0.5) is 4.79 Å². The number of carbonyl (C=O) groups is 2. The summed E-state index contributed by atoms with van der Waals surface area (Å²) in [5.74, 6) is -0.836. The number of amides is 2. The van der Waals surface area contributed by atoms with Crippen LogP contribution < -0.4 is 10.6 Å². The molecule has 1 fully saturated rings. The molecule has 1 aromatic heterocycles. The van der Waals surface area contributed by atoms with Crippen LogP contribution in [-0.4, -0.2) is 33.4 Å². The van der Waals surface area contributed by atoms with E-state index in [0.717, 1.165) is 17.0 Å². The Bertz CT molecular complexity index is 546. The molecule has 0 aromatic carbocycles. The van der Waals surface area contributed by atoms with Gasteiger partial charge in [-0.3, -0.25) is 9.48 Å². The third kappa shape index (κ3) is 2.76. The Labute approximate surface area is 117 Å². The van der Waals surface area contributed by atoms with E-state index in [0.29, 0.717) is 19.4 Å². The van der Waals surface area contributed by atoms with E-state index < -0.39 is 11.4 Å². The predicted octanol–water partition coefficient (Wildman–Crippen LogP) is 0.701. The maximum absolute atomic E-state index is 11.7. The summed E-state index contributed by atoms with van der Waals surface area (Å²) in [6.07, 6.45) is 1.26. The Morgan fingerprint density at radius 3 is 2.45 bits per heavy atom. The largest absolute Gasteiger partial charge is 0.481 e. The van der Waals surface area contributed by atoms with Gasteiger partial charge in [-0.15, -0.1) is 0 Å². The molecule has 7 heteroatoms. The molecule has 2 amide bonds. The Balaban J connectivity index is 1.82. The summed E-state index contributed by atoms with van der Waals surface area (Å²) in [4.78, 5) is 22.7. The second kappa shape index (κ2) is 5.15. The summed E-state index contributed by atoms with van der Waals surface area (Å²) >= 11 is 0. The third-order valence-corrected chi connectivity index (χ3v) is 3.98. The highest BCUT2D eigenvalue weighted by atomic mass is 16.4. The number of nitrogens with one attached hydrogen (secondary N) is 2. The smallest absolute Gasteiger partial charge is 0.315 e. The number of aliphatic carboxylic acids is 1. The van der Waals surface area contributed by atoms with Gasteiger partial charge < -0.3 is 15.7 Å². The quantitative estimate of drug-likeness (QED) is 0.739. The second-order valence-corrected chi connectivity index (χ2v) is 5.39.